The van der Waals surface area contributed by atoms with Crippen LogP contribution in [0.3, 0.4) is 0 Å². The number of amides is 1. The highest BCUT2D eigenvalue weighted by atomic mass is 32.1. The minimum Gasteiger partial charge on any atom is -0.360 e. The van der Waals surface area contributed by atoms with Gasteiger partial charge in [-0.25, -0.2) is 0 Å². The maximum atomic E-state index is 12.1. The first kappa shape index (κ1) is 16.2. The lowest BCUT2D eigenvalue weighted by molar-refractivity contribution is -0.116. The van der Waals surface area contributed by atoms with E-state index in [-0.39, 0.29) is 12.5 Å². The summed E-state index contributed by atoms with van der Waals surface area (Å²) in [7, 11) is 1.87. The number of likely N-dealkylation sites (N-methyl/N-ethyl adjacent to an activating group) is 1. The van der Waals surface area contributed by atoms with Crippen LogP contribution in [0.25, 0.3) is 0 Å². The Hall–Kier alpha value is -1.62. The third kappa shape index (κ3) is 4.02. The summed E-state index contributed by atoms with van der Waals surface area (Å²) >= 11 is 5.46. The number of hydrogen-bond donors (Lipinski definition) is 2. The van der Waals surface area contributed by atoms with Crippen molar-refractivity contribution < 1.29 is 4.79 Å². The molecule has 0 radical (unpaired) electrons. The number of nitrogens with zero attached hydrogens (tertiary/aromatic N) is 1. The Morgan fingerprint density at radius 1 is 1.26 bits per heavy atom. The monoisotopic (exact) mass is 331 g/mol. The second-order valence-electron chi connectivity index (χ2n) is 7.00. The molecule has 0 heterocycles. The molecule has 0 aromatic heterocycles. The number of thiocarbonyl (C=S) groups is 1. The van der Waals surface area contributed by atoms with Gasteiger partial charge < -0.3 is 15.5 Å². The average Bonchev–Trinajstić information content (AvgIpc) is 3.12. The minimum absolute atomic E-state index is 0.0477. The van der Waals surface area contributed by atoms with Crippen LogP contribution in [0, 0.1) is 18.8 Å². The third-order valence-corrected chi connectivity index (χ3v) is 5.54. The fraction of sp³-hybridized carbons (Fsp3) is 0.556. The van der Waals surface area contributed by atoms with E-state index in [2.05, 4.69) is 10.6 Å². The average molecular weight is 331 g/mol. The van der Waals surface area contributed by atoms with Gasteiger partial charge in [0.2, 0.25) is 5.91 Å². The molecule has 4 nitrogen and oxygen atoms in total. The Balaban J connectivity index is 1.46. The van der Waals surface area contributed by atoms with Gasteiger partial charge in [-0.1, -0.05) is 24.1 Å². The van der Waals surface area contributed by atoms with Crippen LogP contribution in [0.1, 0.15) is 31.2 Å². The van der Waals surface area contributed by atoms with Crippen LogP contribution in [0.4, 0.5) is 5.69 Å². The lowest BCUT2D eigenvalue weighted by Gasteiger charge is -2.28. The summed E-state index contributed by atoms with van der Waals surface area (Å²) in [5, 5.41) is 7.05. The predicted octanol–water partition coefficient (Wildman–Crippen LogP) is 2.93. The fourth-order valence-electron chi connectivity index (χ4n) is 3.81. The van der Waals surface area contributed by atoms with Gasteiger partial charge >= 0.3 is 0 Å². The number of nitrogens with one attached hydrogen (secondary N) is 2. The van der Waals surface area contributed by atoms with E-state index in [4.69, 9.17) is 12.2 Å². The number of carbonyl (C=O) groups excluding carboxylic acids is 1. The second kappa shape index (κ2) is 6.87. The number of anilines is 1. The normalized spacial score (nSPS) is 25.2. The van der Waals surface area contributed by atoms with E-state index >= 15 is 0 Å². The summed E-state index contributed by atoms with van der Waals surface area (Å²) < 4.78 is 0. The van der Waals surface area contributed by atoms with E-state index in [0.717, 1.165) is 17.5 Å². The van der Waals surface area contributed by atoms with E-state index in [1.165, 1.54) is 31.2 Å². The molecule has 0 unspecified atom stereocenters. The van der Waals surface area contributed by atoms with Gasteiger partial charge in [-0.15, -0.1) is 0 Å². The van der Waals surface area contributed by atoms with Crippen molar-refractivity contribution in [3.05, 3.63) is 29.8 Å². The summed E-state index contributed by atoms with van der Waals surface area (Å²) in [5.41, 5.74) is 2.00. The zero-order chi connectivity index (χ0) is 16.4. The van der Waals surface area contributed by atoms with Crippen molar-refractivity contribution in [2.24, 2.45) is 11.8 Å². The highest BCUT2D eigenvalue weighted by Gasteiger charge is 2.39. The van der Waals surface area contributed by atoms with Crippen LogP contribution in [0.15, 0.2) is 24.3 Å². The molecule has 124 valence electrons. The first-order chi connectivity index (χ1) is 11.0. The SMILES string of the molecule is Cc1ccc(NC(=O)CN(C)C(=S)N[C@H]2C[C@@H]3CC[C@@H]2C3)cc1. The van der Waals surface area contributed by atoms with Gasteiger partial charge in [0.25, 0.3) is 0 Å². The van der Waals surface area contributed by atoms with Crippen LogP contribution in [-0.4, -0.2) is 35.6 Å². The van der Waals surface area contributed by atoms with E-state index in [1.54, 1.807) is 0 Å². The maximum Gasteiger partial charge on any atom is 0.243 e. The van der Waals surface area contributed by atoms with Crippen LogP contribution in [0.2, 0.25) is 0 Å². The summed E-state index contributed by atoms with van der Waals surface area (Å²) in [4.78, 5) is 14.0. The summed E-state index contributed by atoms with van der Waals surface area (Å²) in [6.07, 6.45) is 5.28. The third-order valence-electron chi connectivity index (χ3n) is 5.11. The first-order valence-electron chi connectivity index (χ1n) is 8.39. The molecule has 5 heteroatoms. The summed E-state index contributed by atoms with van der Waals surface area (Å²) in [6, 6.07) is 8.31. The van der Waals surface area contributed by atoms with Crippen LogP contribution in [-0.2, 0) is 4.79 Å². The van der Waals surface area contributed by atoms with Crippen molar-refractivity contribution >= 4 is 28.9 Å². The van der Waals surface area contributed by atoms with Crippen LogP contribution in [0.5, 0.6) is 0 Å². The van der Waals surface area contributed by atoms with Crippen molar-refractivity contribution in [1.82, 2.24) is 10.2 Å². The molecule has 2 N–H and O–H groups in total. The number of aryl methyl sites for hydroxylation is 1. The minimum atomic E-state index is -0.0477. The lowest BCUT2D eigenvalue weighted by atomic mass is 9.95. The van der Waals surface area contributed by atoms with Gasteiger partial charge in [0.1, 0.15) is 0 Å². The Kier molecular flexibility index (Phi) is 4.85. The van der Waals surface area contributed by atoms with Crippen LogP contribution >= 0.6 is 12.2 Å². The second-order valence-corrected chi connectivity index (χ2v) is 7.39. The van der Waals surface area contributed by atoms with Gasteiger partial charge in [-0.2, -0.15) is 0 Å². The Bertz CT molecular complexity index is 586. The molecule has 23 heavy (non-hydrogen) atoms. The largest absolute Gasteiger partial charge is 0.360 e. The summed E-state index contributed by atoms with van der Waals surface area (Å²) in [5.74, 6) is 1.61. The molecule has 1 aromatic rings. The van der Waals surface area contributed by atoms with Gasteiger partial charge in [-0.3, -0.25) is 4.79 Å². The lowest BCUT2D eigenvalue weighted by Crippen LogP contribution is -2.47. The number of fused-ring (bicyclic) bond motifs is 2. The number of rotatable bonds is 4. The van der Waals surface area contributed by atoms with Crippen molar-refractivity contribution in [2.45, 2.75) is 38.6 Å². The molecule has 2 aliphatic rings. The standard InChI is InChI=1S/C18H25N3OS/c1-12-3-7-15(8-4-12)19-17(22)11-21(2)18(23)20-16-10-13-5-6-14(16)9-13/h3-4,7-8,13-14,16H,5-6,9-11H2,1-2H3,(H,19,22)(H,20,23)/t13-,14-,16+/m1/s1. The smallest absolute Gasteiger partial charge is 0.243 e. The molecule has 1 amide bonds. The molecular formula is C18H25N3OS. The van der Waals surface area contributed by atoms with Crippen molar-refractivity contribution in [3.63, 3.8) is 0 Å². The van der Waals surface area contributed by atoms with Crippen LogP contribution < -0.4 is 10.6 Å². The van der Waals surface area contributed by atoms with Gasteiger partial charge in [-0.05, 0) is 62.4 Å². The Labute approximate surface area is 143 Å². The molecular weight excluding hydrogens is 306 g/mol. The predicted molar refractivity (Wildman–Crippen MR) is 97.4 cm³/mol. The molecule has 2 saturated carbocycles. The Morgan fingerprint density at radius 3 is 2.61 bits per heavy atom. The quantitative estimate of drug-likeness (QED) is 0.833. The topological polar surface area (TPSA) is 44.4 Å². The van der Waals surface area contributed by atoms with E-state index in [9.17, 15) is 4.79 Å². The fourth-order valence-corrected chi connectivity index (χ4v) is 4.03. The molecule has 0 spiro atoms. The molecule has 2 bridgehead atoms. The summed E-state index contributed by atoms with van der Waals surface area (Å²) in [6.45, 7) is 2.29. The molecule has 0 saturated heterocycles. The maximum absolute atomic E-state index is 12.1. The van der Waals surface area contributed by atoms with Crippen molar-refractivity contribution in [2.75, 3.05) is 18.9 Å². The highest BCUT2D eigenvalue weighted by molar-refractivity contribution is 7.80. The van der Waals surface area contributed by atoms with Crippen molar-refractivity contribution in [1.29, 1.82) is 0 Å². The Morgan fingerprint density at radius 2 is 2.00 bits per heavy atom. The van der Waals surface area contributed by atoms with E-state index in [1.807, 2.05) is 43.1 Å². The number of benzene rings is 1. The van der Waals surface area contributed by atoms with Gasteiger partial charge in [0.15, 0.2) is 5.11 Å². The first-order valence-corrected chi connectivity index (χ1v) is 8.80. The molecule has 3 rings (SSSR count). The van der Waals surface area contributed by atoms with E-state index in [0.29, 0.717) is 11.2 Å². The molecule has 0 aliphatic heterocycles. The molecule has 2 aliphatic carbocycles. The highest BCUT2D eigenvalue weighted by Crippen LogP contribution is 2.44. The zero-order valence-corrected chi connectivity index (χ0v) is 14.7. The molecule has 3 atom stereocenters. The van der Waals surface area contributed by atoms with Gasteiger partial charge in [0, 0.05) is 18.8 Å². The van der Waals surface area contributed by atoms with Crippen molar-refractivity contribution in [3.8, 4) is 0 Å². The number of carbonyl (C=O) groups is 1. The molecule has 1 aromatic carbocycles. The van der Waals surface area contributed by atoms with E-state index < -0.39 is 0 Å². The zero-order valence-electron chi connectivity index (χ0n) is 13.8. The number of hydrogen-bond acceptors (Lipinski definition) is 2. The molecule has 2 fully saturated rings. The van der Waals surface area contributed by atoms with Gasteiger partial charge in [0.05, 0.1) is 6.54 Å².